The minimum atomic E-state index is -0.709. The molecule has 0 radical (unpaired) electrons. The van der Waals surface area contributed by atoms with E-state index in [9.17, 15) is 5.11 Å². The van der Waals surface area contributed by atoms with Crippen LogP contribution in [0, 0.1) is 5.92 Å². The standard InChI is InChI=1S/C7H14O3/c8-4-5-2-1-3-6(9)7(5)10/h5-10H,1-4H2/t5-,6-,7+/m1/s1. The average Bonchev–Trinajstić information content (AvgIpc) is 1.95. The van der Waals surface area contributed by atoms with Crippen LogP contribution in [0.3, 0.4) is 0 Å². The van der Waals surface area contributed by atoms with Gasteiger partial charge in [0.05, 0.1) is 12.2 Å². The van der Waals surface area contributed by atoms with Crippen LogP contribution in [0.1, 0.15) is 19.3 Å². The van der Waals surface area contributed by atoms with Gasteiger partial charge in [0.2, 0.25) is 0 Å². The third kappa shape index (κ3) is 1.48. The van der Waals surface area contributed by atoms with Crippen molar-refractivity contribution in [2.24, 2.45) is 5.92 Å². The van der Waals surface area contributed by atoms with Crippen LogP contribution >= 0.6 is 0 Å². The summed E-state index contributed by atoms with van der Waals surface area (Å²) in [6, 6.07) is 0. The topological polar surface area (TPSA) is 60.7 Å². The molecule has 3 heteroatoms. The first-order chi connectivity index (χ1) is 4.75. The van der Waals surface area contributed by atoms with E-state index in [1.54, 1.807) is 0 Å². The monoisotopic (exact) mass is 146 g/mol. The molecule has 0 aliphatic heterocycles. The van der Waals surface area contributed by atoms with E-state index in [-0.39, 0.29) is 12.5 Å². The molecule has 3 atom stereocenters. The Morgan fingerprint density at radius 3 is 2.40 bits per heavy atom. The molecule has 1 fully saturated rings. The van der Waals surface area contributed by atoms with Crippen LogP contribution in [-0.4, -0.2) is 34.1 Å². The Balaban J connectivity index is 2.42. The molecular weight excluding hydrogens is 132 g/mol. The van der Waals surface area contributed by atoms with Gasteiger partial charge < -0.3 is 15.3 Å². The molecule has 1 aliphatic rings. The number of hydrogen-bond donors (Lipinski definition) is 3. The molecule has 0 aromatic rings. The van der Waals surface area contributed by atoms with E-state index in [0.717, 1.165) is 12.8 Å². The van der Waals surface area contributed by atoms with Crippen LogP contribution < -0.4 is 0 Å². The van der Waals surface area contributed by atoms with Gasteiger partial charge in [0, 0.05) is 12.5 Å². The van der Waals surface area contributed by atoms with Crippen molar-refractivity contribution in [2.45, 2.75) is 31.5 Å². The lowest BCUT2D eigenvalue weighted by Crippen LogP contribution is -2.38. The van der Waals surface area contributed by atoms with Crippen LogP contribution in [0.2, 0.25) is 0 Å². The second kappa shape index (κ2) is 3.32. The zero-order chi connectivity index (χ0) is 7.56. The van der Waals surface area contributed by atoms with Crippen LogP contribution in [0.15, 0.2) is 0 Å². The summed E-state index contributed by atoms with van der Waals surface area (Å²) in [6.07, 6.45) is 1.07. The summed E-state index contributed by atoms with van der Waals surface area (Å²) in [6.45, 7) is -0.0156. The third-order valence-corrected chi connectivity index (χ3v) is 2.19. The Hall–Kier alpha value is -0.120. The summed E-state index contributed by atoms with van der Waals surface area (Å²) >= 11 is 0. The highest BCUT2D eigenvalue weighted by Crippen LogP contribution is 2.23. The van der Waals surface area contributed by atoms with Gasteiger partial charge in [-0.15, -0.1) is 0 Å². The molecule has 0 bridgehead atoms. The molecule has 0 aromatic carbocycles. The second-order valence-electron chi connectivity index (χ2n) is 2.93. The Labute approximate surface area is 60.3 Å². The lowest BCUT2D eigenvalue weighted by Gasteiger charge is -2.30. The van der Waals surface area contributed by atoms with Gasteiger partial charge in [-0.2, -0.15) is 0 Å². The van der Waals surface area contributed by atoms with E-state index < -0.39 is 12.2 Å². The molecule has 60 valence electrons. The van der Waals surface area contributed by atoms with Crippen molar-refractivity contribution in [1.29, 1.82) is 0 Å². The highest BCUT2D eigenvalue weighted by Gasteiger charge is 2.29. The van der Waals surface area contributed by atoms with Crippen molar-refractivity contribution in [3.63, 3.8) is 0 Å². The van der Waals surface area contributed by atoms with Crippen molar-refractivity contribution in [3.05, 3.63) is 0 Å². The van der Waals surface area contributed by atoms with Crippen LogP contribution in [0.25, 0.3) is 0 Å². The van der Waals surface area contributed by atoms with Gasteiger partial charge in [-0.1, -0.05) is 6.42 Å². The summed E-state index contributed by atoms with van der Waals surface area (Å²) in [5.74, 6) is -0.108. The fourth-order valence-corrected chi connectivity index (χ4v) is 1.44. The lowest BCUT2D eigenvalue weighted by atomic mass is 9.85. The third-order valence-electron chi connectivity index (χ3n) is 2.19. The zero-order valence-electron chi connectivity index (χ0n) is 5.90. The Morgan fingerprint density at radius 1 is 1.20 bits per heavy atom. The molecule has 0 amide bonds. The first kappa shape index (κ1) is 7.98. The smallest absolute Gasteiger partial charge is 0.0849 e. The van der Waals surface area contributed by atoms with Gasteiger partial charge in [0.1, 0.15) is 0 Å². The van der Waals surface area contributed by atoms with Gasteiger partial charge in [-0.3, -0.25) is 0 Å². The largest absolute Gasteiger partial charge is 0.396 e. The normalized spacial score (nSPS) is 41.7. The molecule has 0 saturated heterocycles. The first-order valence-electron chi connectivity index (χ1n) is 3.72. The maximum absolute atomic E-state index is 9.23. The summed E-state index contributed by atoms with van der Waals surface area (Å²) < 4.78 is 0. The predicted molar refractivity (Wildman–Crippen MR) is 36.4 cm³/mol. The van der Waals surface area contributed by atoms with E-state index in [2.05, 4.69) is 0 Å². The molecule has 0 unspecified atom stereocenters. The highest BCUT2D eigenvalue weighted by atomic mass is 16.3. The minimum Gasteiger partial charge on any atom is -0.396 e. The van der Waals surface area contributed by atoms with E-state index >= 15 is 0 Å². The Bertz CT molecular complexity index is 105. The molecule has 0 heterocycles. The average molecular weight is 146 g/mol. The van der Waals surface area contributed by atoms with Crippen LogP contribution in [0.4, 0.5) is 0 Å². The van der Waals surface area contributed by atoms with Gasteiger partial charge in [-0.25, -0.2) is 0 Å². The lowest BCUT2D eigenvalue weighted by molar-refractivity contribution is -0.0585. The van der Waals surface area contributed by atoms with E-state index in [0.29, 0.717) is 6.42 Å². The maximum Gasteiger partial charge on any atom is 0.0849 e. The summed E-state index contributed by atoms with van der Waals surface area (Å²) in [7, 11) is 0. The molecule has 3 N–H and O–H groups in total. The highest BCUT2D eigenvalue weighted by molar-refractivity contribution is 4.80. The van der Waals surface area contributed by atoms with Gasteiger partial charge in [0.15, 0.2) is 0 Å². The molecule has 3 nitrogen and oxygen atoms in total. The van der Waals surface area contributed by atoms with Crippen molar-refractivity contribution in [3.8, 4) is 0 Å². The molecule has 10 heavy (non-hydrogen) atoms. The van der Waals surface area contributed by atoms with Crippen molar-refractivity contribution in [2.75, 3.05) is 6.61 Å². The Morgan fingerprint density at radius 2 is 1.90 bits per heavy atom. The quantitative estimate of drug-likeness (QED) is 0.467. The van der Waals surface area contributed by atoms with E-state index in [4.69, 9.17) is 10.2 Å². The van der Waals surface area contributed by atoms with Crippen LogP contribution in [-0.2, 0) is 0 Å². The maximum atomic E-state index is 9.23. The summed E-state index contributed by atoms with van der Waals surface area (Å²) in [5, 5.41) is 27.1. The molecular formula is C7H14O3. The molecule has 1 saturated carbocycles. The Kier molecular flexibility index (Phi) is 2.65. The number of hydrogen-bond acceptors (Lipinski definition) is 3. The molecule has 0 aromatic heterocycles. The molecule has 1 rings (SSSR count). The SMILES string of the molecule is OC[C@H]1CCC[C@@H](O)[C@H]1O. The second-order valence-corrected chi connectivity index (χ2v) is 2.93. The minimum absolute atomic E-state index is 0.0156. The van der Waals surface area contributed by atoms with Gasteiger partial charge in [0.25, 0.3) is 0 Å². The molecule has 0 spiro atoms. The fourth-order valence-electron chi connectivity index (χ4n) is 1.44. The summed E-state index contributed by atoms with van der Waals surface area (Å²) in [5.41, 5.74) is 0. The fraction of sp³-hybridized carbons (Fsp3) is 1.00. The number of aliphatic hydroxyl groups excluding tert-OH is 3. The predicted octanol–water partition coefficient (Wildman–Crippen LogP) is -0.499. The number of aliphatic hydroxyl groups is 3. The summed E-state index contributed by atoms with van der Waals surface area (Å²) in [4.78, 5) is 0. The molecule has 1 aliphatic carbocycles. The van der Waals surface area contributed by atoms with E-state index in [1.165, 1.54) is 0 Å². The first-order valence-corrected chi connectivity index (χ1v) is 3.72. The van der Waals surface area contributed by atoms with Crippen LogP contribution in [0.5, 0.6) is 0 Å². The zero-order valence-corrected chi connectivity index (χ0v) is 5.90. The van der Waals surface area contributed by atoms with E-state index in [1.807, 2.05) is 0 Å². The van der Waals surface area contributed by atoms with Gasteiger partial charge in [-0.05, 0) is 12.8 Å². The van der Waals surface area contributed by atoms with Gasteiger partial charge >= 0.3 is 0 Å². The number of rotatable bonds is 1. The van der Waals surface area contributed by atoms with Crippen molar-refractivity contribution >= 4 is 0 Å². The van der Waals surface area contributed by atoms with Crippen molar-refractivity contribution < 1.29 is 15.3 Å². The van der Waals surface area contributed by atoms with Crippen molar-refractivity contribution in [1.82, 2.24) is 0 Å².